The average Bonchev–Trinajstić information content (AvgIpc) is 3.42. The van der Waals surface area contributed by atoms with Gasteiger partial charge in [0, 0.05) is 26.2 Å². The van der Waals surface area contributed by atoms with Gasteiger partial charge in [0.25, 0.3) is 5.91 Å². The van der Waals surface area contributed by atoms with Crippen LogP contribution < -0.4 is 10.1 Å². The van der Waals surface area contributed by atoms with Crippen LogP contribution >= 0.6 is 0 Å². The minimum Gasteiger partial charge on any atom is -0.497 e. The van der Waals surface area contributed by atoms with Crippen LogP contribution in [-0.4, -0.2) is 74.4 Å². The van der Waals surface area contributed by atoms with E-state index in [2.05, 4.69) is 11.4 Å². The van der Waals surface area contributed by atoms with Gasteiger partial charge in [0.05, 0.1) is 18.7 Å². The molecule has 35 heavy (non-hydrogen) atoms. The topological polar surface area (TPSA) is 99.3 Å². The zero-order valence-electron chi connectivity index (χ0n) is 20.0. The number of fused-ring (bicyclic) bond motifs is 1. The van der Waals surface area contributed by atoms with E-state index in [9.17, 15) is 18.0 Å². The Bertz CT molecular complexity index is 1260. The Hall–Kier alpha value is -2.95. The molecule has 5 rings (SSSR count). The third kappa shape index (κ3) is 4.19. The number of piperazine rings is 1. The molecule has 3 amide bonds. The first kappa shape index (κ1) is 23.8. The summed E-state index contributed by atoms with van der Waals surface area (Å²) < 4.78 is 32.5. The highest BCUT2D eigenvalue weighted by atomic mass is 32.2. The molecular weight excluding hydrogens is 468 g/mol. The summed E-state index contributed by atoms with van der Waals surface area (Å²) in [6, 6.07) is 11.9. The van der Waals surface area contributed by atoms with Gasteiger partial charge < -0.3 is 10.1 Å². The van der Waals surface area contributed by atoms with E-state index < -0.39 is 21.6 Å². The normalized spacial score (nSPS) is 23.4. The Labute approximate surface area is 205 Å². The van der Waals surface area contributed by atoms with E-state index in [-0.39, 0.29) is 30.6 Å². The van der Waals surface area contributed by atoms with Crippen molar-refractivity contribution in [2.24, 2.45) is 0 Å². The van der Waals surface area contributed by atoms with Gasteiger partial charge in [-0.3, -0.25) is 9.69 Å². The molecule has 2 heterocycles. The summed E-state index contributed by atoms with van der Waals surface area (Å²) in [4.78, 5) is 29.6. The van der Waals surface area contributed by atoms with Crippen LogP contribution in [0.5, 0.6) is 5.75 Å². The number of carbonyl (C=O) groups excluding carboxylic acids is 2. The van der Waals surface area contributed by atoms with Crippen molar-refractivity contribution in [1.29, 1.82) is 0 Å². The van der Waals surface area contributed by atoms with Crippen molar-refractivity contribution in [2.75, 3.05) is 40.0 Å². The molecule has 0 aromatic heterocycles. The highest BCUT2D eigenvalue weighted by molar-refractivity contribution is 7.89. The summed E-state index contributed by atoms with van der Waals surface area (Å²) in [5.41, 5.74) is 2.26. The summed E-state index contributed by atoms with van der Waals surface area (Å²) in [6.45, 7) is 3.27. The molecule has 0 unspecified atom stereocenters. The van der Waals surface area contributed by atoms with Crippen molar-refractivity contribution >= 4 is 22.0 Å². The van der Waals surface area contributed by atoms with Gasteiger partial charge in [-0.15, -0.1) is 0 Å². The van der Waals surface area contributed by atoms with Crippen LogP contribution in [0.2, 0.25) is 0 Å². The molecule has 2 aromatic rings. The largest absolute Gasteiger partial charge is 0.497 e. The molecule has 1 N–H and O–H groups in total. The molecule has 1 aliphatic carbocycles. The molecular formula is C25H30N4O5S. The number of nitrogens with one attached hydrogen (secondary N) is 1. The molecule has 0 bridgehead atoms. The van der Waals surface area contributed by atoms with Crippen molar-refractivity contribution in [1.82, 2.24) is 19.4 Å². The number of amides is 3. The van der Waals surface area contributed by atoms with Gasteiger partial charge in [0.15, 0.2) is 0 Å². The molecule has 0 radical (unpaired) electrons. The molecule has 2 fully saturated rings. The lowest BCUT2D eigenvalue weighted by atomic mass is 9.90. The second-order valence-electron chi connectivity index (χ2n) is 9.46. The van der Waals surface area contributed by atoms with Gasteiger partial charge >= 0.3 is 6.03 Å². The average molecular weight is 499 g/mol. The lowest BCUT2D eigenvalue weighted by molar-refractivity contribution is -0.132. The predicted molar refractivity (Wildman–Crippen MR) is 129 cm³/mol. The van der Waals surface area contributed by atoms with E-state index in [1.54, 1.807) is 19.1 Å². The number of nitrogens with zero attached hydrogens (tertiary/aromatic N) is 3. The quantitative estimate of drug-likeness (QED) is 0.611. The lowest BCUT2D eigenvalue weighted by Crippen LogP contribution is -2.52. The minimum atomic E-state index is -3.63. The third-order valence-corrected chi connectivity index (χ3v) is 9.23. The molecule has 0 saturated carbocycles. The number of methoxy groups -OCH3 is 1. The first-order valence-corrected chi connectivity index (χ1v) is 13.3. The van der Waals surface area contributed by atoms with Crippen LogP contribution in [0.1, 0.15) is 30.0 Å². The van der Waals surface area contributed by atoms with Crippen LogP contribution in [-0.2, 0) is 33.2 Å². The SMILES string of the molecule is COc1ccc(S(=O)(=O)N2CCN(CN3C(=O)N[C@@](C)(c4ccc5c(c4)CCC5)C3=O)CC2)cc1. The van der Waals surface area contributed by atoms with Gasteiger partial charge in [0.1, 0.15) is 11.3 Å². The monoisotopic (exact) mass is 498 g/mol. The summed E-state index contributed by atoms with van der Waals surface area (Å²) >= 11 is 0. The number of benzene rings is 2. The molecule has 1 atom stereocenters. The first-order valence-electron chi connectivity index (χ1n) is 11.9. The maximum Gasteiger partial charge on any atom is 0.326 e. The van der Waals surface area contributed by atoms with Crippen LogP contribution in [0.4, 0.5) is 4.79 Å². The fraction of sp³-hybridized carbons (Fsp3) is 0.440. The number of imide groups is 1. The molecule has 186 valence electrons. The van der Waals surface area contributed by atoms with Gasteiger partial charge in [0.2, 0.25) is 10.0 Å². The summed E-state index contributed by atoms with van der Waals surface area (Å²) in [5.74, 6) is 0.308. The molecule has 3 aliphatic rings. The Balaban J connectivity index is 1.23. The molecule has 2 aliphatic heterocycles. The fourth-order valence-corrected chi connectivity index (χ4v) is 6.53. The molecule has 0 spiro atoms. The predicted octanol–water partition coefficient (Wildman–Crippen LogP) is 1.91. The van der Waals surface area contributed by atoms with Crippen molar-refractivity contribution in [3.63, 3.8) is 0 Å². The number of sulfonamides is 1. The summed E-state index contributed by atoms with van der Waals surface area (Å²) in [7, 11) is -2.10. The van der Waals surface area contributed by atoms with E-state index in [1.165, 1.54) is 39.6 Å². The highest BCUT2D eigenvalue weighted by Crippen LogP contribution is 2.33. The Morgan fingerprint density at radius 1 is 0.971 bits per heavy atom. The second-order valence-corrected chi connectivity index (χ2v) is 11.4. The van der Waals surface area contributed by atoms with E-state index in [0.717, 1.165) is 24.8 Å². The highest BCUT2D eigenvalue weighted by Gasteiger charge is 2.49. The van der Waals surface area contributed by atoms with E-state index in [4.69, 9.17) is 4.74 Å². The molecule has 9 nitrogen and oxygen atoms in total. The van der Waals surface area contributed by atoms with Gasteiger partial charge in [-0.1, -0.05) is 18.2 Å². The third-order valence-electron chi connectivity index (χ3n) is 7.32. The number of ether oxygens (including phenoxy) is 1. The number of rotatable bonds is 6. The van der Waals surface area contributed by atoms with Gasteiger partial charge in [-0.05, 0) is 67.1 Å². The van der Waals surface area contributed by atoms with Gasteiger partial charge in [-0.2, -0.15) is 4.31 Å². The summed E-state index contributed by atoms with van der Waals surface area (Å²) in [5, 5.41) is 2.89. The number of hydrogen-bond acceptors (Lipinski definition) is 6. The van der Waals surface area contributed by atoms with Crippen LogP contribution in [0, 0.1) is 0 Å². The van der Waals surface area contributed by atoms with Crippen molar-refractivity contribution < 1.29 is 22.7 Å². The fourth-order valence-electron chi connectivity index (χ4n) is 5.11. The second kappa shape index (κ2) is 8.92. The number of urea groups is 1. The van der Waals surface area contributed by atoms with Crippen molar-refractivity contribution in [3.05, 3.63) is 59.2 Å². The Kier molecular flexibility index (Phi) is 6.06. The van der Waals surface area contributed by atoms with Gasteiger partial charge in [-0.25, -0.2) is 18.1 Å². The van der Waals surface area contributed by atoms with Crippen molar-refractivity contribution in [2.45, 2.75) is 36.6 Å². The first-order chi connectivity index (χ1) is 16.7. The maximum atomic E-state index is 13.4. The van der Waals surface area contributed by atoms with E-state index >= 15 is 0 Å². The van der Waals surface area contributed by atoms with Crippen LogP contribution in [0.25, 0.3) is 0 Å². The van der Waals surface area contributed by atoms with Crippen LogP contribution in [0.15, 0.2) is 47.4 Å². The maximum absolute atomic E-state index is 13.4. The molecule has 2 saturated heterocycles. The number of hydrogen-bond donors (Lipinski definition) is 1. The zero-order valence-corrected chi connectivity index (χ0v) is 20.8. The summed E-state index contributed by atoms with van der Waals surface area (Å²) in [6.07, 6.45) is 3.16. The molecule has 10 heteroatoms. The Morgan fingerprint density at radius 2 is 1.66 bits per heavy atom. The number of aryl methyl sites for hydroxylation is 2. The standard InChI is InChI=1S/C25H30N4O5S/c1-25(20-7-6-18-4-3-5-19(18)16-20)23(30)29(24(31)26-25)17-27-12-14-28(15-13-27)35(32,33)22-10-8-21(34-2)9-11-22/h6-11,16H,3-5,12-15,17H2,1-2H3,(H,26,31)/t25-/m0/s1. The molecule has 2 aromatic carbocycles. The lowest BCUT2D eigenvalue weighted by Gasteiger charge is -2.35. The van der Waals surface area contributed by atoms with Crippen molar-refractivity contribution in [3.8, 4) is 5.75 Å². The van der Waals surface area contributed by atoms with E-state index in [0.29, 0.717) is 18.8 Å². The number of carbonyl (C=O) groups is 2. The van der Waals surface area contributed by atoms with Crippen LogP contribution in [0.3, 0.4) is 0 Å². The zero-order chi connectivity index (χ0) is 24.8. The Morgan fingerprint density at radius 3 is 2.34 bits per heavy atom. The minimum absolute atomic E-state index is 0.127. The van der Waals surface area contributed by atoms with E-state index in [1.807, 2.05) is 17.0 Å². The smallest absolute Gasteiger partial charge is 0.326 e.